The Kier molecular flexibility index (Phi) is 10.0. The lowest BCUT2D eigenvalue weighted by atomic mass is 10.1. The van der Waals surface area contributed by atoms with Gasteiger partial charge in [-0.2, -0.15) is 0 Å². The summed E-state index contributed by atoms with van der Waals surface area (Å²) in [6, 6.07) is 7.16. The van der Waals surface area contributed by atoms with Crippen LogP contribution in [-0.4, -0.2) is 24.9 Å². The Hall–Kier alpha value is -3.02. The molecule has 28 heavy (non-hydrogen) atoms. The molecule has 0 aliphatic heterocycles. The molecule has 0 aliphatic rings. The molecule has 0 fully saturated rings. The van der Waals surface area contributed by atoms with Crippen molar-refractivity contribution in [3.8, 4) is 0 Å². The molecule has 0 saturated heterocycles. The fourth-order valence-electron chi connectivity index (χ4n) is 2.59. The number of hydrogen-bond donors (Lipinski definition) is 2. The van der Waals surface area contributed by atoms with E-state index in [1.54, 1.807) is 48.9 Å². The third kappa shape index (κ3) is 9.62. The largest absolute Gasteiger partial charge is 0.465 e. The summed E-state index contributed by atoms with van der Waals surface area (Å²) in [5, 5.41) is 5.73. The number of unbranched alkanes of at least 4 members (excludes halogenated alkanes) is 5. The number of carbonyl (C=O) groups excluding carboxylic acids is 2. The Labute approximate surface area is 165 Å². The van der Waals surface area contributed by atoms with Gasteiger partial charge in [-0.1, -0.05) is 25.7 Å². The lowest BCUT2D eigenvalue weighted by Gasteiger charge is -2.04. The van der Waals surface area contributed by atoms with Crippen molar-refractivity contribution < 1.29 is 18.4 Å². The van der Waals surface area contributed by atoms with Crippen molar-refractivity contribution in [3.63, 3.8) is 0 Å². The molecule has 0 aliphatic carbocycles. The number of furan rings is 2. The fraction of sp³-hybridized carbons (Fsp3) is 0.364. The summed E-state index contributed by atoms with van der Waals surface area (Å²) in [6.45, 7) is 1.36. The Balaban J connectivity index is 1.37. The first-order chi connectivity index (χ1) is 13.7. The van der Waals surface area contributed by atoms with Gasteiger partial charge in [0.2, 0.25) is 11.8 Å². The summed E-state index contributed by atoms with van der Waals surface area (Å²) in [5.41, 5.74) is 0. The van der Waals surface area contributed by atoms with Crippen LogP contribution in [0.2, 0.25) is 0 Å². The molecule has 2 N–H and O–H groups in total. The van der Waals surface area contributed by atoms with Crippen LogP contribution in [0.15, 0.2) is 57.8 Å². The van der Waals surface area contributed by atoms with Crippen LogP contribution in [0.25, 0.3) is 12.2 Å². The van der Waals surface area contributed by atoms with Gasteiger partial charge in [-0.3, -0.25) is 9.59 Å². The molecule has 0 atom stereocenters. The number of amides is 2. The molecular weight excluding hydrogens is 356 g/mol. The van der Waals surface area contributed by atoms with Crippen LogP contribution in [0.1, 0.15) is 50.0 Å². The maximum Gasteiger partial charge on any atom is 0.244 e. The Morgan fingerprint density at radius 3 is 1.54 bits per heavy atom. The summed E-state index contributed by atoms with van der Waals surface area (Å²) in [4.78, 5) is 23.3. The Bertz CT molecular complexity index is 666. The molecule has 0 radical (unpaired) electrons. The monoisotopic (exact) mass is 384 g/mol. The molecule has 0 unspecified atom stereocenters. The van der Waals surface area contributed by atoms with Crippen LogP contribution in [0.4, 0.5) is 0 Å². The molecule has 2 heterocycles. The maximum atomic E-state index is 11.6. The van der Waals surface area contributed by atoms with E-state index in [0.29, 0.717) is 24.6 Å². The van der Waals surface area contributed by atoms with Crippen LogP contribution in [0, 0.1) is 0 Å². The average molecular weight is 384 g/mol. The molecule has 0 spiro atoms. The first-order valence-electron chi connectivity index (χ1n) is 9.73. The van der Waals surface area contributed by atoms with Gasteiger partial charge in [0, 0.05) is 25.2 Å². The second-order valence-corrected chi connectivity index (χ2v) is 6.40. The zero-order valence-electron chi connectivity index (χ0n) is 16.1. The predicted octanol–water partition coefficient (Wildman–Crippen LogP) is 4.17. The van der Waals surface area contributed by atoms with Crippen LogP contribution >= 0.6 is 0 Å². The van der Waals surface area contributed by atoms with E-state index in [-0.39, 0.29) is 11.8 Å². The second kappa shape index (κ2) is 13.2. The highest BCUT2D eigenvalue weighted by Crippen LogP contribution is 2.05. The van der Waals surface area contributed by atoms with Crippen LogP contribution in [0.5, 0.6) is 0 Å². The van der Waals surface area contributed by atoms with Gasteiger partial charge in [0.05, 0.1) is 12.5 Å². The summed E-state index contributed by atoms with van der Waals surface area (Å²) in [6.07, 6.45) is 15.8. The van der Waals surface area contributed by atoms with Crippen LogP contribution in [0.3, 0.4) is 0 Å². The third-order valence-corrected chi connectivity index (χ3v) is 4.09. The topological polar surface area (TPSA) is 84.5 Å². The maximum absolute atomic E-state index is 11.6. The molecule has 2 amide bonds. The summed E-state index contributed by atoms with van der Waals surface area (Å²) < 4.78 is 10.3. The van der Waals surface area contributed by atoms with E-state index in [0.717, 1.165) is 38.5 Å². The average Bonchev–Trinajstić information content (AvgIpc) is 3.40. The van der Waals surface area contributed by atoms with E-state index >= 15 is 0 Å². The minimum absolute atomic E-state index is 0.103. The van der Waals surface area contributed by atoms with Crippen LogP contribution < -0.4 is 10.6 Å². The highest BCUT2D eigenvalue weighted by molar-refractivity contribution is 5.91. The number of rotatable bonds is 13. The first kappa shape index (κ1) is 21.3. The minimum Gasteiger partial charge on any atom is -0.465 e. The predicted molar refractivity (Wildman–Crippen MR) is 109 cm³/mol. The Morgan fingerprint density at radius 2 is 1.14 bits per heavy atom. The SMILES string of the molecule is O=C(C=Cc1ccco1)NCCCCCCCCNC(=O)C=Cc1ccco1. The van der Waals surface area contributed by atoms with E-state index in [1.165, 1.54) is 12.2 Å². The van der Waals surface area contributed by atoms with Gasteiger partial charge in [-0.05, 0) is 49.3 Å². The van der Waals surface area contributed by atoms with Crippen LogP contribution in [-0.2, 0) is 9.59 Å². The second-order valence-electron chi connectivity index (χ2n) is 6.40. The molecule has 6 heteroatoms. The van der Waals surface area contributed by atoms with E-state index in [1.807, 2.05) is 0 Å². The number of carbonyl (C=O) groups is 2. The van der Waals surface area contributed by atoms with Gasteiger partial charge in [-0.25, -0.2) is 0 Å². The van der Waals surface area contributed by atoms with Crippen molar-refractivity contribution in [1.29, 1.82) is 0 Å². The third-order valence-electron chi connectivity index (χ3n) is 4.09. The summed E-state index contributed by atoms with van der Waals surface area (Å²) in [7, 11) is 0. The molecule has 2 aromatic heterocycles. The molecule has 0 saturated carbocycles. The first-order valence-corrected chi connectivity index (χ1v) is 9.73. The molecular formula is C22H28N2O4. The standard InChI is InChI=1S/C22H28N2O4/c25-21(13-11-19-9-7-17-27-19)23-15-5-3-1-2-4-6-16-24-22(26)14-12-20-10-8-18-28-20/h7-14,17-18H,1-6,15-16H2,(H,23,25)(H,24,26). The Morgan fingerprint density at radius 1 is 0.714 bits per heavy atom. The van der Waals surface area contributed by atoms with Gasteiger partial charge in [0.1, 0.15) is 11.5 Å². The van der Waals surface area contributed by atoms with Crippen molar-refractivity contribution in [3.05, 3.63) is 60.5 Å². The molecule has 2 aromatic rings. The smallest absolute Gasteiger partial charge is 0.244 e. The highest BCUT2D eigenvalue weighted by atomic mass is 16.3. The van der Waals surface area contributed by atoms with Gasteiger partial charge >= 0.3 is 0 Å². The highest BCUT2D eigenvalue weighted by Gasteiger charge is 1.98. The molecule has 0 aromatic carbocycles. The summed E-state index contributed by atoms with van der Waals surface area (Å²) in [5.74, 6) is 1.13. The van der Waals surface area contributed by atoms with E-state index in [2.05, 4.69) is 10.6 Å². The molecule has 0 bridgehead atoms. The van der Waals surface area contributed by atoms with Gasteiger partial charge in [0.25, 0.3) is 0 Å². The van der Waals surface area contributed by atoms with E-state index in [4.69, 9.17) is 8.83 Å². The van der Waals surface area contributed by atoms with Crippen molar-refractivity contribution >= 4 is 24.0 Å². The fourth-order valence-corrected chi connectivity index (χ4v) is 2.59. The lowest BCUT2D eigenvalue weighted by molar-refractivity contribution is -0.117. The molecule has 2 rings (SSSR count). The zero-order valence-corrected chi connectivity index (χ0v) is 16.1. The van der Waals surface area contributed by atoms with Crippen molar-refractivity contribution in [2.24, 2.45) is 0 Å². The zero-order chi connectivity index (χ0) is 19.9. The van der Waals surface area contributed by atoms with Gasteiger partial charge < -0.3 is 19.5 Å². The van der Waals surface area contributed by atoms with Gasteiger partial charge in [0.15, 0.2) is 0 Å². The quantitative estimate of drug-likeness (QED) is 0.401. The van der Waals surface area contributed by atoms with Crippen molar-refractivity contribution in [1.82, 2.24) is 10.6 Å². The normalized spacial score (nSPS) is 11.3. The van der Waals surface area contributed by atoms with Crippen molar-refractivity contribution in [2.45, 2.75) is 38.5 Å². The van der Waals surface area contributed by atoms with Gasteiger partial charge in [-0.15, -0.1) is 0 Å². The number of nitrogens with one attached hydrogen (secondary N) is 2. The number of hydrogen-bond acceptors (Lipinski definition) is 4. The van der Waals surface area contributed by atoms with E-state index < -0.39 is 0 Å². The lowest BCUT2D eigenvalue weighted by Crippen LogP contribution is -2.22. The van der Waals surface area contributed by atoms with E-state index in [9.17, 15) is 9.59 Å². The molecule has 150 valence electrons. The molecule has 6 nitrogen and oxygen atoms in total. The minimum atomic E-state index is -0.103. The summed E-state index contributed by atoms with van der Waals surface area (Å²) >= 11 is 0. The van der Waals surface area contributed by atoms with Crippen molar-refractivity contribution in [2.75, 3.05) is 13.1 Å².